The first-order valence-corrected chi connectivity index (χ1v) is 9.23. The Morgan fingerprint density at radius 3 is 2.57 bits per heavy atom. The molecule has 3 nitrogen and oxygen atoms in total. The van der Waals surface area contributed by atoms with Crippen LogP contribution in [0.4, 0.5) is 18.0 Å². The van der Waals surface area contributed by atoms with Gasteiger partial charge in [0.15, 0.2) is 0 Å². The summed E-state index contributed by atoms with van der Waals surface area (Å²) in [5.74, 6) is -0.000634. The van der Waals surface area contributed by atoms with Crippen LogP contribution in [0.2, 0.25) is 0 Å². The van der Waals surface area contributed by atoms with Gasteiger partial charge in [-0.15, -0.1) is 0 Å². The van der Waals surface area contributed by atoms with Gasteiger partial charge in [-0.1, -0.05) is 60.7 Å². The first-order valence-electron chi connectivity index (χ1n) is 9.23. The maximum absolute atomic E-state index is 13.1. The van der Waals surface area contributed by atoms with Crippen LogP contribution in [-0.2, 0) is 17.5 Å². The molecule has 0 aliphatic carbocycles. The monoisotopic (exact) mass is 389 g/mol. The van der Waals surface area contributed by atoms with E-state index < -0.39 is 17.8 Å². The van der Waals surface area contributed by atoms with Gasteiger partial charge in [0.05, 0.1) is 5.56 Å². The first kappa shape index (κ1) is 20.0. The molecule has 2 aromatic rings. The summed E-state index contributed by atoms with van der Waals surface area (Å²) in [6, 6.07) is 14.9. The highest BCUT2D eigenvalue weighted by Gasteiger charge is 2.32. The fourth-order valence-electron chi connectivity index (χ4n) is 3.28. The van der Waals surface area contributed by atoms with Crippen LogP contribution < -0.4 is 0 Å². The van der Waals surface area contributed by atoms with Gasteiger partial charge in [0.1, 0.15) is 6.61 Å². The first-order chi connectivity index (χ1) is 13.4. The standard InChI is InChI=1S/C22H22F3NO2/c23-22(24,25)20-11-5-4-10-19(20)13-12-17-9-6-14-26(15-17)21(27)28-16-18-7-2-1-3-8-18/h1-5,7-8,10-13,17H,6,9,14-16H2/b13-12+. The average Bonchev–Trinajstić information content (AvgIpc) is 2.71. The molecule has 1 fully saturated rings. The van der Waals surface area contributed by atoms with Gasteiger partial charge in [-0.3, -0.25) is 0 Å². The number of nitrogens with zero attached hydrogens (tertiary/aromatic N) is 1. The second kappa shape index (κ2) is 8.95. The fourth-order valence-corrected chi connectivity index (χ4v) is 3.28. The summed E-state index contributed by atoms with van der Waals surface area (Å²) >= 11 is 0. The Hall–Kier alpha value is -2.76. The molecular formula is C22H22F3NO2. The van der Waals surface area contributed by atoms with Crippen molar-refractivity contribution >= 4 is 12.2 Å². The number of amides is 1. The highest BCUT2D eigenvalue weighted by atomic mass is 19.4. The summed E-state index contributed by atoms with van der Waals surface area (Å²) in [4.78, 5) is 13.9. The number of piperidine rings is 1. The number of benzene rings is 2. The summed E-state index contributed by atoms with van der Waals surface area (Å²) in [5, 5.41) is 0. The number of hydrogen-bond acceptors (Lipinski definition) is 2. The maximum atomic E-state index is 13.1. The van der Waals surface area contributed by atoms with E-state index in [2.05, 4.69) is 0 Å². The largest absolute Gasteiger partial charge is 0.445 e. The molecule has 0 bridgehead atoms. The molecule has 0 saturated carbocycles. The zero-order valence-electron chi connectivity index (χ0n) is 15.4. The van der Waals surface area contributed by atoms with Gasteiger partial charge in [-0.25, -0.2) is 4.79 Å². The van der Waals surface area contributed by atoms with Gasteiger partial charge in [0, 0.05) is 13.1 Å². The number of hydrogen-bond donors (Lipinski definition) is 0. The minimum atomic E-state index is -4.39. The van der Waals surface area contributed by atoms with Gasteiger partial charge in [0.25, 0.3) is 0 Å². The van der Waals surface area contributed by atoms with Crippen LogP contribution in [0.25, 0.3) is 6.08 Å². The molecule has 1 aliphatic heterocycles. The molecule has 1 heterocycles. The molecule has 0 N–H and O–H groups in total. The minimum Gasteiger partial charge on any atom is -0.445 e. The maximum Gasteiger partial charge on any atom is 0.416 e. The smallest absolute Gasteiger partial charge is 0.416 e. The van der Waals surface area contributed by atoms with Gasteiger partial charge in [-0.2, -0.15) is 13.2 Å². The average molecular weight is 389 g/mol. The van der Waals surface area contributed by atoms with E-state index in [0.717, 1.165) is 24.5 Å². The van der Waals surface area contributed by atoms with Crippen molar-refractivity contribution in [3.05, 3.63) is 77.4 Å². The van der Waals surface area contributed by atoms with E-state index in [1.807, 2.05) is 30.3 Å². The molecule has 1 unspecified atom stereocenters. The van der Waals surface area contributed by atoms with Crippen LogP contribution in [0.15, 0.2) is 60.7 Å². The minimum absolute atomic E-state index is 0.000634. The summed E-state index contributed by atoms with van der Waals surface area (Å²) in [5.41, 5.74) is 0.396. The Morgan fingerprint density at radius 1 is 1.11 bits per heavy atom. The number of carbonyl (C=O) groups excluding carboxylic acids is 1. The zero-order chi connectivity index (χ0) is 20.0. The Balaban J connectivity index is 1.59. The van der Waals surface area contributed by atoms with E-state index >= 15 is 0 Å². The molecule has 1 saturated heterocycles. The van der Waals surface area contributed by atoms with Crippen LogP contribution in [0, 0.1) is 5.92 Å². The zero-order valence-corrected chi connectivity index (χ0v) is 15.4. The molecular weight excluding hydrogens is 367 g/mol. The topological polar surface area (TPSA) is 29.5 Å². The van der Waals surface area contributed by atoms with Crippen LogP contribution >= 0.6 is 0 Å². The number of alkyl halides is 3. The molecule has 0 spiro atoms. The molecule has 148 valence electrons. The summed E-state index contributed by atoms with van der Waals surface area (Å²) in [7, 11) is 0. The normalized spacial score (nSPS) is 17.7. The second-order valence-electron chi connectivity index (χ2n) is 6.83. The predicted molar refractivity (Wildman–Crippen MR) is 101 cm³/mol. The quantitative estimate of drug-likeness (QED) is 0.665. The Bertz CT molecular complexity index is 818. The SMILES string of the molecule is O=C(OCc1ccccc1)N1CCCC(/C=C/c2ccccc2C(F)(F)F)C1. The van der Waals surface area contributed by atoms with Crippen molar-refractivity contribution in [2.45, 2.75) is 25.6 Å². The van der Waals surface area contributed by atoms with Gasteiger partial charge in [-0.05, 0) is 36.0 Å². The lowest BCUT2D eigenvalue weighted by molar-refractivity contribution is -0.137. The molecule has 2 aromatic carbocycles. The summed E-state index contributed by atoms with van der Waals surface area (Å²) in [6.45, 7) is 1.24. The van der Waals surface area contributed by atoms with E-state index in [4.69, 9.17) is 4.74 Å². The van der Waals surface area contributed by atoms with Crippen molar-refractivity contribution in [1.82, 2.24) is 4.90 Å². The summed E-state index contributed by atoms with van der Waals surface area (Å²) < 4.78 is 44.7. The molecule has 1 amide bonds. The van der Waals surface area contributed by atoms with Gasteiger partial charge in [0.2, 0.25) is 0 Å². The van der Waals surface area contributed by atoms with Gasteiger partial charge < -0.3 is 9.64 Å². The van der Waals surface area contributed by atoms with Crippen molar-refractivity contribution in [1.29, 1.82) is 0 Å². The number of ether oxygens (including phenoxy) is 1. The highest BCUT2D eigenvalue weighted by Crippen LogP contribution is 2.32. The van der Waals surface area contributed by atoms with Crippen LogP contribution in [0.5, 0.6) is 0 Å². The molecule has 0 radical (unpaired) electrons. The Labute approximate surface area is 162 Å². The second-order valence-corrected chi connectivity index (χ2v) is 6.83. The lowest BCUT2D eigenvalue weighted by Gasteiger charge is -2.30. The van der Waals surface area contributed by atoms with Crippen LogP contribution in [0.3, 0.4) is 0 Å². The van der Waals surface area contributed by atoms with Crippen molar-refractivity contribution in [3.8, 4) is 0 Å². The van der Waals surface area contributed by atoms with Crippen LogP contribution in [0.1, 0.15) is 29.5 Å². The Kier molecular flexibility index (Phi) is 6.39. The molecule has 1 aliphatic rings. The Morgan fingerprint density at radius 2 is 1.82 bits per heavy atom. The van der Waals surface area contributed by atoms with Crippen LogP contribution in [-0.4, -0.2) is 24.1 Å². The van der Waals surface area contributed by atoms with Crippen molar-refractivity contribution in [2.75, 3.05) is 13.1 Å². The van der Waals surface area contributed by atoms with Crippen molar-refractivity contribution < 1.29 is 22.7 Å². The number of carbonyl (C=O) groups is 1. The lowest BCUT2D eigenvalue weighted by atomic mass is 9.96. The molecule has 1 atom stereocenters. The van der Waals surface area contributed by atoms with E-state index in [1.54, 1.807) is 17.0 Å². The third-order valence-corrected chi connectivity index (χ3v) is 4.74. The van der Waals surface area contributed by atoms with Crippen molar-refractivity contribution in [2.24, 2.45) is 5.92 Å². The van der Waals surface area contributed by atoms with Gasteiger partial charge >= 0.3 is 12.3 Å². The van der Waals surface area contributed by atoms with E-state index in [-0.39, 0.29) is 18.1 Å². The fraction of sp³-hybridized carbons (Fsp3) is 0.318. The highest BCUT2D eigenvalue weighted by molar-refractivity contribution is 5.68. The van der Waals surface area contributed by atoms with E-state index in [9.17, 15) is 18.0 Å². The van der Waals surface area contributed by atoms with E-state index in [1.165, 1.54) is 18.2 Å². The third-order valence-electron chi connectivity index (χ3n) is 4.74. The number of likely N-dealkylation sites (tertiary alicyclic amines) is 1. The lowest BCUT2D eigenvalue weighted by Crippen LogP contribution is -2.39. The van der Waals surface area contributed by atoms with Crippen molar-refractivity contribution in [3.63, 3.8) is 0 Å². The summed E-state index contributed by atoms with van der Waals surface area (Å²) in [6.07, 6.45) is 0.107. The molecule has 3 rings (SSSR count). The predicted octanol–water partition coefficient (Wildman–Crippen LogP) is 5.77. The molecule has 0 aromatic heterocycles. The van der Waals surface area contributed by atoms with E-state index in [0.29, 0.717) is 13.1 Å². The number of rotatable bonds is 4. The number of halogens is 3. The third kappa shape index (κ3) is 5.38. The molecule has 6 heteroatoms. The molecule has 28 heavy (non-hydrogen) atoms.